The summed E-state index contributed by atoms with van der Waals surface area (Å²) >= 11 is 0. The molecule has 29 heavy (non-hydrogen) atoms. The molecule has 0 heterocycles. The third kappa shape index (κ3) is 2.80. The third-order valence-corrected chi connectivity index (χ3v) is 6.12. The highest BCUT2D eigenvalue weighted by molar-refractivity contribution is 5.86. The first-order valence-corrected chi connectivity index (χ1v) is 9.95. The average Bonchev–Trinajstić information content (AvgIpc) is 2.94. The van der Waals surface area contributed by atoms with Gasteiger partial charge < -0.3 is 11.5 Å². The number of hydrogen-bond acceptors (Lipinski definition) is 2. The molecule has 2 heteroatoms. The topological polar surface area (TPSA) is 52.0 Å². The van der Waals surface area contributed by atoms with Crippen LogP contribution in [0.2, 0.25) is 0 Å². The van der Waals surface area contributed by atoms with Crippen molar-refractivity contribution in [1.82, 2.24) is 0 Å². The van der Waals surface area contributed by atoms with E-state index < -0.39 is 0 Å². The van der Waals surface area contributed by atoms with E-state index in [-0.39, 0.29) is 5.41 Å². The molecule has 0 atom stereocenters. The lowest BCUT2D eigenvalue weighted by Crippen LogP contribution is -2.15. The van der Waals surface area contributed by atoms with E-state index >= 15 is 0 Å². The number of benzene rings is 4. The molecule has 0 aliphatic heterocycles. The molecular formula is C27H24N2. The highest BCUT2D eigenvalue weighted by Gasteiger charge is 2.35. The lowest BCUT2D eigenvalue weighted by Gasteiger charge is -2.22. The maximum atomic E-state index is 6.00. The minimum Gasteiger partial charge on any atom is -0.399 e. The molecule has 0 radical (unpaired) electrons. The van der Waals surface area contributed by atoms with Crippen molar-refractivity contribution < 1.29 is 0 Å². The maximum absolute atomic E-state index is 6.00. The van der Waals surface area contributed by atoms with E-state index in [2.05, 4.69) is 62.4 Å². The van der Waals surface area contributed by atoms with Crippen molar-refractivity contribution in [2.45, 2.75) is 19.3 Å². The van der Waals surface area contributed by atoms with Gasteiger partial charge in [-0.2, -0.15) is 0 Å². The SMILES string of the molecule is CC1(C)c2cc(-c3cccc(N)c3)ccc2-c2ccc(-c3cccc(N)c3)cc21. The molecule has 0 bridgehead atoms. The Balaban J connectivity index is 1.63. The van der Waals surface area contributed by atoms with E-state index in [0.717, 1.165) is 22.5 Å². The van der Waals surface area contributed by atoms with Crippen molar-refractivity contribution in [1.29, 1.82) is 0 Å². The van der Waals surface area contributed by atoms with Gasteiger partial charge in [-0.1, -0.05) is 62.4 Å². The molecule has 4 aromatic carbocycles. The van der Waals surface area contributed by atoms with Gasteiger partial charge in [-0.15, -0.1) is 0 Å². The molecule has 0 saturated carbocycles. The number of hydrogen-bond donors (Lipinski definition) is 2. The summed E-state index contributed by atoms with van der Waals surface area (Å²) in [4.78, 5) is 0. The first kappa shape index (κ1) is 17.6. The summed E-state index contributed by atoms with van der Waals surface area (Å²) in [6, 6.07) is 29.7. The summed E-state index contributed by atoms with van der Waals surface area (Å²) in [7, 11) is 0. The van der Waals surface area contributed by atoms with E-state index in [1.54, 1.807) is 0 Å². The molecular weight excluding hydrogens is 352 g/mol. The summed E-state index contributed by atoms with van der Waals surface area (Å²) in [6.45, 7) is 4.62. The Kier molecular flexibility index (Phi) is 3.78. The molecule has 1 aliphatic rings. The van der Waals surface area contributed by atoms with E-state index in [1.165, 1.54) is 33.4 Å². The molecule has 2 nitrogen and oxygen atoms in total. The van der Waals surface area contributed by atoms with Crippen molar-refractivity contribution in [3.05, 3.63) is 96.1 Å². The van der Waals surface area contributed by atoms with Gasteiger partial charge in [0.1, 0.15) is 0 Å². The minimum absolute atomic E-state index is 0.0721. The molecule has 0 saturated heterocycles. The van der Waals surface area contributed by atoms with Crippen LogP contribution < -0.4 is 11.5 Å². The highest BCUT2D eigenvalue weighted by atomic mass is 14.5. The van der Waals surface area contributed by atoms with E-state index in [0.29, 0.717) is 0 Å². The number of nitrogen functional groups attached to an aromatic ring is 2. The Bertz CT molecular complexity index is 1150. The molecule has 0 fully saturated rings. The van der Waals surface area contributed by atoms with Gasteiger partial charge in [0.2, 0.25) is 0 Å². The second-order valence-electron chi connectivity index (χ2n) is 8.40. The van der Waals surface area contributed by atoms with Crippen molar-refractivity contribution in [2.24, 2.45) is 0 Å². The smallest absolute Gasteiger partial charge is 0.0320 e. The lowest BCUT2D eigenvalue weighted by atomic mass is 9.81. The standard InChI is InChI=1S/C27H24N2/c1-27(2)25-15-19(17-5-3-7-21(28)13-17)9-11-23(25)24-12-10-20(16-26(24)27)18-6-4-8-22(29)14-18/h3-16H,28-29H2,1-2H3. The third-order valence-electron chi connectivity index (χ3n) is 6.12. The molecule has 0 spiro atoms. The Morgan fingerprint density at radius 3 is 1.34 bits per heavy atom. The van der Waals surface area contributed by atoms with Gasteiger partial charge >= 0.3 is 0 Å². The van der Waals surface area contributed by atoms with Gasteiger partial charge in [0.25, 0.3) is 0 Å². The molecule has 4 N–H and O–H groups in total. The summed E-state index contributed by atoms with van der Waals surface area (Å²) in [5.74, 6) is 0. The van der Waals surface area contributed by atoms with Crippen LogP contribution in [0.5, 0.6) is 0 Å². The Hall–Kier alpha value is -3.52. The maximum Gasteiger partial charge on any atom is 0.0320 e. The molecule has 5 rings (SSSR count). The summed E-state index contributed by atoms with van der Waals surface area (Å²) in [5, 5.41) is 0. The van der Waals surface area contributed by atoms with Crippen molar-refractivity contribution >= 4 is 11.4 Å². The summed E-state index contributed by atoms with van der Waals surface area (Å²) in [6.07, 6.45) is 0. The van der Waals surface area contributed by atoms with Crippen LogP contribution in [0.3, 0.4) is 0 Å². The normalized spacial score (nSPS) is 13.7. The van der Waals surface area contributed by atoms with Gasteiger partial charge in [-0.3, -0.25) is 0 Å². The number of anilines is 2. The fourth-order valence-electron chi connectivity index (χ4n) is 4.53. The molecule has 1 aliphatic carbocycles. The molecule has 0 amide bonds. The fourth-order valence-corrected chi connectivity index (χ4v) is 4.53. The summed E-state index contributed by atoms with van der Waals surface area (Å²) in [5.41, 5.74) is 23.6. The van der Waals surface area contributed by atoms with Crippen LogP contribution in [0.4, 0.5) is 11.4 Å². The Morgan fingerprint density at radius 1 is 0.517 bits per heavy atom. The van der Waals surface area contributed by atoms with Crippen molar-refractivity contribution in [3.63, 3.8) is 0 Å². The first-order chi connectivity index (χ1) is 13.9. The van der Waals surface area contributed by atoms with Gasteiger partial charge in [-0.05, 0) is 80.9 Å². The molecule has 4 aromatic rings. The van der Waals surface area contributed by atoms with Gasteiger partial charge in [-0.25, -0.2) is 0 Å². The lowest BCUT2D eigenvalue weighted by molar-refractivity contribution is 0.661. The van der Waals surface area contributed by atoms with Gasteiger partial charge in [0, 0.05) is 16.8 Å². The van der Waals surface area contributed by atoms with E-state index in [4.69, 9.17) is 11.5 Å². The van der Waals surface area contributed by atoms with Gasteiger partial charge in [0.05, 0.1) is 0 Å². The highest BCUT2D eigenvalue weighted by Crippen LogP contribution is 2.50. The van der Waals surface area contributed by atoms with Crippen LogP contribution in [0.25, 0.3) is 33.4 Å². The van der Waals surface area contributed by atoms with Crippen molar-refractivity contribution in [2.75, 3.05) is 11.5 Å². The largest absolute Gasteiger partial charge is 0.399 e. The molecule has 0 unspecified atom stereocenters. The minimum atomic E-state index is -0.0721. The number of fused-ring (bicyclic) bond motifs is 3. The Morgan fingerprint density at radius 2 is 0.931 bits per heavy atom. The van der Waals surface area contributed by atoms with Crippen LogP contribution in [0, 0.1) is 0 Å². The zero-order chi connectivity index (χ0) is 20.2. The zero-order valence-corrected chi connectivity index (χ0v) is 16.7. The van der Waals surface area contributed by atoms with Crippen LogP contribution in [-0.4, -0.2) is 0 Å². The fraction of sp³-hybridized carbons (Fsp3) is 0.111. The quantitative estimate of drug-likeness (QED) is 0.393. The zero-order valence-electron chi connectivity index (χ0n) is 16.7. The van der Waals surface area contributed by atoms with E-state index in [1.807, 2.05) is 36.4 Å². The monoisotopic (exact) mass is 376 g/mol. The predicted molar refractivity (Wildman–Crippen MR) is 124 cm³/mol. The van der Waals surface area contributed by atoms with E-state index in [9.17, 15) is 0 Å². The van der Waals surface area contributed by atoms with Crippen molar-refractivity contribution in [3.8, 4) is 33.4 Å². The predicted octanol–water partition coefficient (Wildman–Crippen LogP) is 6.49. The number of rotatable bonds is 2. The van der Waals surface area contributed by atoms with Gasteiger partial charge in [0.15, 0.2) is 0 Å². The Labute approximate surface area is 171 Å². The van der Waals surface area contributed by atoms with Crippen LogP contribution in [0.15, 0.2) is 84.9 Å². The molecule has 142 valence electrons. The van der Waals surface area contributed by atoms with Crippen LogP contribution in [0.1, 0.15) is 25.0 Å². The van der Waals surface area contributed by atoms with Crippen LogP contribution in [-0.2, 0) is 5.41 Å². The number of nitrogens with two attached hydrogens (primary N) is 2. The second kappa shape index (κ2) is 6.25. The van der Waals surface area contributed by atoms with Crippen LogP contribution >= 0.6 is 0 Å². The second-order valence-corrected chi connectivity index (χ2v) is 8.40. The summed E-state index contributed by atoms with van der Waals surface area (Å²) < 4.78 is 0. The first-order valence-electron chi connectivity index (χ1n) is 9.95. The molecule has 0 aromatic heterocycles. The average molecular weight is 377 g/mol.